The molecule has 2 aliphatic rings. The van der Waals surface area contributed by atoms with Crippen LogP contribution in [-0.2, 0) is 14.2 Å². The van der Waals surface area contributed by atoms with Gasteiger partial charge in [-0.1, -0.05) is 13.8 Å². The van der Waals surface area contributed by atoms with Crippen molar-refractivity contribution in [2.75, 3.05) is 14.2 Å². The third kappa shape index (κ3) is 2.42. The van der Waals surface area contributed by atoms with Gasteiger partial charge in [0.2, 0.25) is 11.8 Å². The van der Waals surface area contributed by atoms with Gasteiger partial charge < -0.3 is 19.3 Å². The Labute approximate surface area is 119 Å². The van der Waals surface area contributed by atoms with E-state index in [2.05, 4.69) is 9.98 Å². The number of aliphatic hydroxyl groups excluding tert-OH is 1. The Bertz CT molecular complexity index is 435. The second kappa shape index (κ2) is 5.33. The molecule has 0 aromatic heterocycles. The van der Waals surface area contributed by atoms with Gasteiger partial charge in [0.25, 0.3) is 0 Å². The molecule has 2 aliphatic heterocycles. The molecular formula is C14H24N2O4. The second-order valence-electron chi connectivity index (χ2n) is 5.87. The lowest BCUT2D eigenvalue weighted by Gasteiger charge is -2.30. The van der Waals surface area contributed by atoms with E-state index in [1.54, 1.807) is 14.2 Å². The molecule has 6 heteroatoms. The molecule has 0 aliphatic carbocycles. The summed E-state index contributed by atoms with van der Waals surface area (Å²) in [7, 11) is 3.12. The molecule has 1 saturated heterocycles. The fourth-order valence-electron chi connectivity index (χ4n) is 2.49. The quantitative estimate of drug-likeness (QED) is 0.785. The van der Waals surface area contributed by atoms with Gasteiger partial charge in [0.05, 0.1) is 20.3 Å². The van der Waals surface area contributed by atoms with Crippen molar-refractivity contribution in [2.24, 2.45) is 15.9 Å². The van der Waals surface area contributed by atoms with Gasteiger partial charge in [-0.25, -0.2) is 9.98 Å². The molecule has 1 fully saturated rings. The predicted molar refractivity (Wildman–Crippen MR) is 76.3 cm³/mol. The Morgan fingerprint density at radius 3 is 2.00 bits per heavy atom. The van der Waals surface area contributed by atoms with Crippen molar-refractivity contribution >= 4 is 11.8 Å². The number of nitrogens with zero attached hydrogens (tertiary/aromatic N) is 2. The van der Waals surface area contributed by atoms with E-state index in [0.717, 1.165) is 0 Å². The van der Waals surface area contributed by atoms with E-state index >= 15 is 0 Å². The molecule has 0 radical (unpaired) electrons. The van der Waals surface area contributed by atoms with Crippen LogP contribution in [0.3, 0.4) is 0 Å². The maximum absolute atomic E-state index is 10.5. The topological polar surface area (TPSA) is 75.9 Å². The summed E-state index contributed by atoms with van der Waals surface area (Å²) in [5, 5.41) is 10.5. The van der Waals surface area contributed by atoms with Crippen LogP contribution in [0.5, 0.6) is 0 Å². The average Bonchev–Trinajstić information content (AvgIpc) is 3.05. The highest BCUT2D eigenvalue weighted by Crippen LogP contribution is 2.41. The highest BCUT2D eigenvalue weighted by molar-refractivity contribution is 5.94. The van der Waals surface area contributed by atoms with E-state index in [4.69, 9.17) is 14.2 Å². The number of aliphatic imine (C=N–C) groups is 2. The summed E-state index contributed by atoms with van der Waals surface area (Å²) in [5.74, 6) is 1.20. The van der Waals surface area contributed by atoms with Gasteiger partial charge in [-0.3, -0.25) is 0 Å². The minimum Gasteiger partial charge on any atom is -0.483 e. The highest BCUT2D eigenvalue weighted by atomic mass is 16.6. The second-order valence-corrected chi connectivity index (χ2v) is 5.87. The number of ether oxygens (including phenoxy) is 3. The number of methoxy groups -OCH3 is 2. The summed E-state index contributed by atoms with van der Waals surface area (Å²) in [5.41, 5.74) is -0.600. The summed E-state index contributed by atoms with van der Waals surface area (Å²) >= 11 is 0. The van der Waals surface area contributed by atoms with Gasteiger partial charge in [-0.05, 0) is 19.8 Å². The lowest BCUT2D eigenvalue weighted by Crippen LogP contribution is -2.48. The van der Waals surface area contributed by atoms with Crippen LogP contribution in [0, 0.1) is 5.92 Å². The molecule has 0 amide bonds. The van der Waals surface area contributed by atoms with E-state index in [9.17, 15) is 5.11 Å². The fourth-order valence-corrected chi connectivity index (χ4v) is 2.49. The third-order valence-electron chi connectivity index (χ3n) is 4.16. The Hall–Kier alpha value is -1.14. The molecule has 5 atom stereocenters. The number of hydrogen-bond donors (Lipinski definition) is 1. The normalized spacial score (nSPS) is 38.1. The van der Waals surface area contributed by atoms with Crippen LogP contribution in [-0.4, -0.2) is 61.0 Å². The molecule has 0 unspecified atom stereocenters. The molecule has 114 valence electrons. The Balaban J connectivity index is 2.28. The monoisotopic (exact) mass is 284 g/mol. The minimum atomic E-state index is -0.811. The van der Waals surface area contributed by atoms with Crippen molar-refractivity contribution in [3.8, 4) is 0 Å². The zero-order chi connectivity index (χ0) is 15.1. The van der Waals surface area contributed by atoms with Crippen LogP contribution in [0.15, 0.2) is 9.98 Å². The van der Waals surface area contributed by atoms with Crippen LogP contribution < -0.4 is 0 Å². The van der Waals surface area contributed by atoms with E-state index in [1.165, 1.54) is 0 Å². The summed E-state index contributed by atoms with van der Waals surface area (Å²) < 4.78 is 16.1. The summed E-state index contributed by atoms with van der Waals surface area (Å²) in [6.07, 6.45) is -0.811. The first-order valence-electron chi connectivity index (χ1n) is 6.94. The van der Waals surface area contributed by atoms with Crippen molar-refractivity contribution in [3.05, 3.63) is 0 Å². The van der Waals surface area contributed by atoms with Crippen molar-refractivity contribution < 1.29 is 19.3 Å². The first-order chi connectivity index (χ1) is 9.35. The van der Waals surface area contributed by atoms with Gasteiger partial charge in [0.1, 0.15) is 17.7 Å². The zero-order valence-electron chi connectivity index (χ0n) is 13.0. The van der Waals surface area contributed by atoms with E-state index in [0.29, 0.717) is 11.8 Å². The molecule has 1 N–H and O–H groups in total. The molecule has 6 nitrogen and oxygen atoms in total. The lowest BCUT2D eigenvalue weighted by molar-refractivity contribution is 0.0723. The van der Waals surface area contributed by atoms with Crippen molar-refractivity contribution in [3.63, 3.8) is 0 Å². The molecule has 0 spiro atoms. The van der Waals surface area contributed by atoms with Gasteiger partial charge >= 0.3 is 0 Å². The zero-order valence-corrected chi connectivity index (χ0v) is 13.0. The van der Waals surface area contributed by atoms with E-state index in [-0.39, 0.29) is 18.1 Å². The maximum atomic E-state index is 10.5. The van der Waals surface area contributed by atoms with Gasteiger partial charge in [-0.2, -0.15) is 0 Å². The summed E-state index contributed by atoms with van der Waals surface area (Å²) in [6.45, 7) is 7.87. The predicted octanol–water partition coefficient (Wildman–Crippen LogP) is 1.02. The molecular weight excluding hydrogens is 260 g/mol. The smallest absolute Gasteiger partial charge is 0.212 e. The molecule has 2 heterocycles. The highest BCUT2D eigenvalue weighted by Gasteiger charge is 2.58. The van der Waals surface area contributed by atoms with Crippen LogP contribution >= 0.6 is 0 Å². The van der Waals surface area contributed by atoms with Crippen molar-refractivity contribution in [1.29, 1.82) is 0 Å². The molecule has 2 rings (SSSR count). The van der Waals surface area contributed by atoms with Gasteiger partial charge in [-0.15, -0.1) is 0 Å². The molecule has 0 aromatic carbocycles. The van der Waals surface area contributed by atoms with Crippen LogP contribution in [0.25, 0.3) is 0 Å². The fraction of sp³-hybridized carbons (Fsp3) is 0.857. The summed E-state index contributed by atoms with van der Waals surface area (Å²) in [4.78, 5) is 9.05. The largest absolute Gasteiger partial charge is 0.483 e. The van der Waals surface area contributed by atoms with Crippen molar-refractivity contribution in [1.82, 2.24) is 0 Å². The molecule has 0 saturated carbocycles. The SMILES string of the molecule is COC1=N[C@H]([C@@H](O)[C@@]2(C)O[C@@H]2C)C(OC)=N[C@H]1C(C)C. The van der Waals surface area contributed by atoms with E-state index < -0.39 is 17.7 Å². The molecule has 0 aromatic rings. The van der Waals surface area contributed by atoms with Gasteiger partial charge in [0, 0.05) is 0 Å². The third-order valence-corrected chi connectivity index (χ3v) is 4.16. The standard InChI is InChI=1S/C14H24N2O4/c1-7(2)9-12(18-5)16-10(13(15-9)19-6)11(17)14(4)8(3)20-14/h7-11,17H,1-6H3/t8-,9+,10-,11-,14+/m1/s1. The van der Waals surface area contributed by atoms with Crippen LogP contribution in [0.4, 0.5) is 0 Å². The minimum absolute atomic E-state index is 0.000349. The number of epoxide rings is 1. The first kappa shape index (κ1) is 15.3. The Morgan fingerprint density at radius 2 is 1.60 bits per heavy atom. The van der Waals surface area contributed by atoms with Crippen LogP contribution in [0.2, 0.25) is 0 Å². The number of rotatable bonds is 3. The maximum Gasteiger partial charge on any atom is 0.212 e. The van der Waals surface area contributed by atoms with E-state index in [1.807, 2.05) is 27.7 Å². The number of aliphatic hydroxyl groups is 1. The first-order valence-corrected chi connectivity index (χ1v) is 6.94. The summed E-state index contributed by atoms with van der Waals surface area (Å²) in [6, 6.07) is -0.761. The Kier molecular flexibility index (Phi) is 4.07. The van der Waals surface area contributed by atoms with Crippen LogP contribution in [0.1, 0.15) is 27.7 Å². The number of hydrogen-bond acceptors (Lipinski definition) is 6. The average molecular weight is 284 g/mol. The van der Waals surface area contributed by atoms with Gasteiger partial charge in [0.15, 0.2) is 6.04 Å². The Morgan fingerprint density at radius 1 is 1.15 bits per heavy atom. The molecule has 0 bridgehead atoms. The lowest BCUT2D eigenvalue weighted by atomic mass is 9.93. The molecule has 20 heavy (non-hydrogen) atoms. The van der Waals surface area contributed by atoms with Crippen molar-refractivity contribution in [2.45, 2.75) is 57.6 Å².